The molecule has 5 fully saturated rings. The quantitative estimate of drug-likeness (QED) is 0.480. The fourth-order valence-corrected chi connectivity index (χ4v) is 8.24. The van der Waals surface area contributed by atoms with Crippen molar-refractivity contribution in [3.63, 3.8) is 0 Å². The Labute approximate surface area is 190 Å². The summed E-state index contributed by atoms with van der Waals surface area (Å²) in [5, 5.41) is 9.00. The standard InChI is InChI=1S/C24H28O9/c1-10(2)22-17(32-22)18-24(33-18)21(3)7-6-11-12(9-29-19(11)28)13(21)8-14-23(24,31-14)20(22)30-16(27)5-4-15(25)26/h10,13-14,17-18,20H,4-9H2,1-3H3,(H,25,26)/t13-,14-,17-,18-,20+,21-,22-,23+,24+/m0/s1. The Morgan fingerprint density at radius 1 is 1.18 bits per heavy atom. The average molecular weight is 460 g/mol. The number of carboxylic acids is 1. The second-order valence-electron chi connectivity index (χ2n) is 11.3. The molecule has 9 atom stereocenters. The minimum Gasteiger partial charge on any atom is -0.481 e. The minimum absolute atomic E-state index is 0.0632. The van der Waals surface area contributed by atoms with Gasteiger partial charge in [0.2, 0.25) is 0 Å². The Morgan fingerprint density at radius 2 is 1.97 bits per heavy atom. The smallest absolute Gasteiger partial charge is 0.334 e. The molecule has 4 aliphatic heterocycles. The first-order valence-corrected chi connectivity index (χ1v) is 12.0. The average Bonchev–Trinajstić information content (AvgIpc) is 3.65. The Hall–Kier alpha value is -1.97. The van der Waals surface area contributed by atoms with Crippen LogP contribution in [0.5, 0.6) is 0 Å². The topological polar surface area (TPSA) is 127 Å². The van der Waals surface area contributed by atoms with E-state index in [9.17, 15) is 14.4 Å². The molecule has 2 spiro atoms. The fourth-order valence-electron chi connectivity index (χ4n) is 8.24. The molecule has 1 N–H and O–H groups in total. The van der Waals surface area contributed by atoms with Crippen molar-refractivity contribution in [2.45, 2.75) is 94.1 Å². The van der Waals surface area contributed by atoms with Crippen molar-refractivity contribution in [2.75, 3.05) is 6.61 Å². The first-order valence-electron chi connectivity index (χ1n) is 12.0. The van der Waals surface area contributed by atoms with E-state index in [1.807, 2.05) is 13.8 Å². The molecule has 0 aromatic rings. The van der Waals surface area contributed by atoms with Crippen molar-refractivity contribution in [3.05, 3.63) is 11.1 Å². The maximum Gasteiger partial charge on any atom is 0.334 e. The maximum atomic E-state index is 12.7. The number of rotatable bonds is 5. The van der Waals surface area contributed by atoms with E-state index in [2.05, 4.69) is 6.92 Å². The van der Waals surface area contributed by atoms with Crippen molar-refractivity contribution < 1.29 is 43.2 Å². The molecule has 9 heteroatoms. The van der Waals surface area contributed by atoms with Crippen LogP contribution in [0.25, 0.3) is 0 Å². The van der Waals surface area contributed by atoms with Gasteiger partial charge in [-0.1, -0.05) is 20.8 Å². The van der Waals surface area contributed by atoms with Crippen LogP contribution in [0.15, 0.2) is 11.1 Å². The zero-order valence-corrected chi connectivity index (χ0v) is 18.9. The van der Waals surface area contributed by atoms with Crippen molar-refractivity contribution in [2.24, 2.45) is 17.3 Å². The minimum atomic E-state index is -1.04. The van der Waals surface area contributed by atoms with Gasteiger partial charge in [-0.05, 0) is 36.7 Å². The van der Waals surface area contributed by atoms with Gasteiger partial charge in [-0.15, -0.1) is 0 Å². The summed E-state index contributed by atoms with van der Waals surface area (Å²) in [6.45, 7) is 6.65. The largest absolute Gasteiger partial charge is 0.481 e. The van der Waals surface area contributed by atoms with Gasteiger partial charge in [0.1, 0.15) is 30.0 Å². The van der Waals surface area contributed by atoms with Crippen LogP contribution in [0.1, 0.15) is 52.9 Å². The number of ether oxygens (including phenoxy) is 5. The van der Waals surface area contributed by atoms with Gasteiger partial charge >= 0.3 is 17.9 Å². The van der Waals surface area contributed by atoms with Gasteiger partial charge in [-0.25, -0.2) is 4.79 Å². The molecular weight excluding hydrogens is 432 g/mol. The van der Waals surface area contributed by atoms with Crippen LogP contribution in [-0.4, -0.2) is 70.8 Å². The molecule has 0 radical (unpaired) electrons. The first kappa shape index (κ1) is 20.4. The van der Waals surface area contributed by atoms with E-state index in [4.69, 9.17) is 28.8 Å². The maximum absolute atomic E-state index is 12.7. The zero-order valence-electron chi connectivity index (χ0n) is 18.9. The molecule has 7 aliphatic rings. The molecule has 178 valence electrons. The van der Waals surface area contributed by atoms with E-state index in [1.165, 1.54) is 0 Å². The van der Waals surface area contributed by atoms with Gasteiger partial charge in [-0.2, -0.15) is 0 Å². The molecule has 0 aromatic carbocycles. The molecule has 3 saturated heterocycles. The van der Waals surface area contributed by atoms with Gasteiger partial charge in [0.15, 0.2) is 11.7 Å². The zero-order chi connectivity index (χ0) is 23.1. The molecule has 7 rings (SSSR count). The van der Waals surface area contributed by atoms with Gasteiger partial charge < -0.3 is 28.8 Å². The summed E-state index contributed by atoms with van der Waals surface area (Å²) >= 11 is 0. The van der Waals surface area contributed by atoms with E-state index in [0.29, 0.717) is 19.4 Å². The molecule has 9 nitrogen and oxygen atoms in total. The van der Waals surface area contributed by atoms with Gasteiger partial charge in [0.05, 0.1) is 18.9 Å². The monoisotopic (exact) mass is 460 g/mol. The van der Waals surface area contributed by atoms with Crippen molar-refractivity contribution in [1.29, 1.82) is 0 Å². The first-order chi connectivity index (χ1) is 15.6. The summed E-state index contributed by atoms with van der Waals surface area (Å²) in [5.74, 6) is -1.63. The van der Waals surface area contributed by atoms with Crippen LogP contribution in [0.4, 0.5) is 0 Å². The highest BCUT2D eigenvalue weighted by atomic mass is 16.8. The Balaban J connectivity index is 1.29. The van der Waals surface area contributed by atoms with Crippen LogP contribution >= 0.6 is 0 Å². The van der Waals surface area contributed by atoms with E-state index >= 15 is 0 Å². The molecule has 33 heavy (non-hydrogen) atoms. The SMILES string of the molecule is CC(C)[C@]12O[C@H]1[C@@H]1O[C@]13[C@]1(O[C@H]1C[C@H]1C4=C(CC[C@@]13C)C(=O)OC4)[C@@H]2OC(=O)CCC(=O)O. The highest BCUT2D eigenvalue weighted by Gasteiger charge is 3.01. The normalized spacial score (nSPS) is 51.9. The van der Waals surface area contributed by atoms with Crippen LogP contribution in [0.3, 0.4) is 0 Å². The number of cyclic esters (lactones) is 1. The lowest BCUT2D eigenvalue weighted by Gasteiger charge is -2.53. The second-order valence-corrected chi connectivity index (χ2v) is 11.3. The van der Waals surface area contributed by atoms with Crippen molar-refractivity contribution in [1.82, 2.24) is 0 Å². The lowest BCUT2D eigenvalue weighted by molar-refractivity contribution is -0.170. The third-order valence-electron chi connectivity index (χ3n) is 9.86. The number of hydrogen-bond donors (Lipinski definition) is 1. The van der Waals surface area contributed by atoms with E-state index in [0.717, 1.165) is 17.6 Å². The number of carboxylic acid groups (broad SMARTS) is 1. The van der Waals surface area contributed by atoms with E-state index in [1.54, 1.807) is 0 Å². The van der Waals surface area contributed by atoms with Gasteiger partial charge in [-0.3, -0.25) is 9.59 Å². The molecule has 0 aromatic heterocycles. The summed E-state index contributed by atoms with van der Waals surface area (Å²) in [6.07, 6.45) is 0.464. The number of esters is 2. The summed E-state index contributed by atoms with van der Waals surface area (Å²) in [6, 6.07) is 0. The number of epoxide rings is 3. The molecule has 3 aliphatic carbocycles. The summed E-state index contributed by atoms with van der Waals surface area (Å²) < 4.78 is 30.9. The predicted octanol–water partition coefficient (Wildman–Crippen LogP) is 1.52. The molecular formula is C24H28O9. The Kier molecular flexibility index (Phi) is 3.59. The number of carbonyl (C=O) groups excluding carboxylic acids is 2. The summed E-state index contributed by atoms with van der Waals surface area (Å²) in [5.41, 5.74) is -0.569. The molecule has 4 heterocycles. The fraction of sp³-hybridized carbons (Fsp3) is 0.792. The third kappa shape index (κ3) is 2.06. The molecule has 0 unspecified atom stereocenters. The lowest BCUT2D eigenvalue weighted by atomic mass is 9.46. The van der Waals surface area contributed by atoms with Crippen LogP contribution < -0.4 is 0 Å². The van der Waals surface area contributed by atoms with Gasteiger partial charge in [0.25, 0.3) is 0 Å². The molecule has 2 saturated carbocycles. The van der Waals surface area contributed by atoms with Crippen molar-refractivity contribution in [3.8, 4) is 0 Å². The second kappa shape index (κ2) is 5.80. The van der Waals surface area contributed by atoms with E-state index in [-0.39, 0.29) is 54.4 Å². The third-order valence-corrected chi connectivity index (χ3v) is 9.86. The van der Waals surface area contributed by atoms with Gasteiger partial charge in [0, 0.05) is 11.0 Å². The van der Waals surface area contributed by atoms with Crippen LogP contribution in [0.2, 0.25) is 0 Å². The van der Waals surface area contributed by atoms with Crippen molar-refractivity contribution >= 4 is 17.9 Å². The van der Waals surface area contributed by atoms with E-state index < -0.39 is 34.8 Å². The summed E-state index contributed by atoms with van der Waals surface area (Å²) in [4.78, 5) is 36.0. The van der Waals surface area contributed by atoms with Crippen LogP contribution in [-0.2, 0) is 38.1 Å². The number of carbonyl (C=O) groups is 3. The molecule has 0 bridgehead atoms. The highest BCUT2D eigenvalue weighted by Crippen LogP contribution is 2.83. The number of fused-ring (bicyclic) bond motifs is 4. The Bertz CT molecular complexity index is 1050. The lowest BCUT2D eigenvalue weighted by Crippen LogP contribution is -2.70. The number of aliphatic carboxylic acids is 1. The predicted molar refractivity (Wildman–Crippen MR) is 108 cm³/mol. The highest BCUT2D eigenvalue weighted by molar-refractivity contribution is 5.92. The number of hydrogen-bond acceptors (Lipinski definition) is 8. The van der Waals surface area contributed by atoms with Crippen LogP contribution in [0, 0.1) is 17.3 Å². The summed E-state index contributed by atoms with van der Waals surface area (Å²) in [7, 11) is 0. The molecule has 0 amide bonds. The Morgan fingerprint density at radius 3 is 2.70 bits per heavy atom.